The van der Waals surface area contributed by atoms with Crippen molar-refractivity contribution in [1.82, 2.24) is 14.9 Å². The first-order valence-electron chi connectivity index (χ1n) is 8.41. The van der Waals surface area contributed by atoms with Crippen LogP contribution in [0.4, 0.5) is 5.82 Å². The quantitative estimate of drug-likeness (QED) is 0.193. The number of hydrogen-bond acceptors (Lipinski definition) is 7. The molecule has 156 valence electrons. The zero-order valence-electron chi connectivity index (χ0n) is 15.8. The van der Waals surface area contributed by atoms with Gasteiger partial charge in [-0.15, -0.1) is 9.79 Å². The first-order chi connectivity index (χ1) is 13.2. The van der Waals surface area contributed by atoms with E-state index in [1.807, 2.05) is 0 Å². The largest absolute Gasteiger partial charge is 0.692 e. The molecule has 1 saturated heterocycles. The molecule has 0 bridgehead atoms. The van der Waals surface area contributed by atoms with Crippen molar-refractivity contribution in [2.75, 3.05) is 19.0 Å². The molecule has 5 N–H and O–H groups in total. The zero-order chi connectivity index (χ0) is 21.3. The van der Waals surface area contributed by atoms with Crippen LogP contribution in [0.1, 0.15) is 43.4 Å². The minimum Gasteiger partial charge on any atom is -0.394 e. The van der Waals surface area contributed by atoms with Crippen LogP contribution in [0.15, 0.2) is 11.3 Å². The van der Waals surface area contributed by atoms with Gasteiger partial charge < -0.3 is 15.2 Å². The number of imidazole rings is 1. The third-order valence-corrected chi connectivity index (χ3v) is 3.76. The van der Waals surface area contributed by atoms with Gasteiger partial charge in [-0.2, -0.15) is 0 Å². The molecule has 2 rings (SSSR count). The van der Waals surface area contributed by atoms with Crippen molar-refractivity contribution < 1.29 is 33.8 Å². The Bertz CT molecular complexity index is 718. The standard InChI is InChI=1S/C15H23N5O4.HO3P/c1-9(2)14(23)19-15(16-3)18-13-11(7-22)17-8-20(13)12-5-4-10(6-21)24-12;1-4(2)3/h7-10,12,21H,4-6H2,1-3H3,(H2,16,18,19,23);(H-,1,2,3)/p+1. The number of aliphatic imine (C=N–C) groups is 1. The van der Waals surface area contributed by atoms with E-state index in [4.69, 9.17) is 19.1 Å². The number of nitrogens with zero attached hydrogens (tertiary/aromatic N) is 3. The number of guanidine groups is 1. The minimum atomic E-state index is -2.87. The van der Waals surface area contributed by atoms with Crippen molar-refractivity contribution in [1.29, 1.82) is 0 Å². The number of carbonyl (C=O) groups is 2. The number of anilines is 1. The van der Waals surface area contributed by atoms with Crippen LogP contribution in [0.3, 0.4) is 0 Å². The van der Waals surface area contributed by atoms with E-state index in [1.54, 1.807) is 18.4 Å². The molecule has 2 atom stereocenters. The van der Waals surface area contributed by atoms with Gasteiger partial charge in [0.2, 0.25) is 11.9 Å². The number of ether oxygens (including phenoxy) is 1. The first-order valence-corrected chi connectivity index (χ1v) is 9.57. The van der Waals surface area contributed by atoms with Crippen molar-refractivity contribution in [2.45, 2.75) is 39.0 Å². The van der Waals surface area contributed by atoms with E-state index in [2.05, 4.69) is 20.6 Å². The van der Waals surface area contributed by atoms with Crippen molar-refractivity contribution in [3.05, 3.63) is 12.0 Å². The molecule has 0 radical (unpaired) electrons. The highest BCUT2D eigenvalue weighted by molar-refractivity contribution is 7.30. The Morgan fingerprint density at radius 3 is 2.61 bits per heavy atom. The summed E-state index contributed by atoms with van der Waals surface area (Å²) in [5, 5.41) is 14.8. The summed E-state index contributed by atoms with van der Waals surface area (Å²) < 4.78 is 16.1. The number of hydrogen-bond donors (Lipinski definition) is 5. The van der Waals surface area contributed by atoms with Gasteiger partial charge in [0.25, 0.3) is 0 Å². The highest BCUT2D eigenvalue weighted by Gasteiger charge is 2.29. The van der Waals surface area contributed by atoms with Gasteiger partial charge in [-0.1, -0.05) is 13.8 Å². The number of aldehydes is 1. The zero-order valence-corrected chi connectivity index (χ0v) is 16.7. The van der Waals surface area contributed by atoms with Gasteiger partial charge >= 0.3 is 8.25 Å². The van der Waals surface area contributed by atoms with Gasteiger partial charge in [0.15, 0.2) is 6.29 Å². The fourth-order valence-electron chi connectivity index (χ4n) is 2.35. The number of amides is 1. The minimum absolute atomic E-state index is 0.0549. The van der Waals surface area contributed by atoms with Crippen LogP contribution in [0.2, 0.25) is 0 Å². The Morgan fingerprint density at radius 2 is 2.14 bits per heavy atom. The number of aliphatic hydroxyl groups excluding tert-OH is 1. The molecule has 0 aromatic carbocycles. The normalized spacial score (nSPS) is 19.0. The number of aliphatic hydroxyl groups is 1. The second-order valence-electron chi connectivity index (χ2n) is 6.07. The molecule has 1 aliphatic rings. The first kappa shape index (κ1) is 23.8. The molecular weight excluding hydrogens is 393 g/mol. The van der Waals surface area contributed by atoms with E-state index in [9.17, 15) is 14.7 Å². The van der Waals surface area contributed by atoms with Gasteiger partial charge in [0.1, 0.15) is 17.7 Å². The molecule has 1 aromatic rings. The van der Waals surface area contributed by atoms with E-state index in [-0.39, 0.29) is 42.4 Å². The molecular formula is C15H25N5O7P+. The Kier molecular flexibility index (Phi) is 9.83. The van der Waals surface area contributed by atoms with Crippen molar-refractivity contribution >= 4 is 32.2 Å². The fraction of sp³-hybridized carbons (Fsp3) is 0.600. The molecule has 2 heterocycles. The molecule has 2 unspecified atom stereocenters. The van der Waals surface area contributed by atoms with E-state index in [0.717, 1.165) is 0 Å². The molecule has 28 heavy (non-hydrogen) atoms. The van der Waals surface area contributed by atoms with Gasteiger partial charge in [-0.25, -0.2) is 4.98 Å². The second-order valence-corrected chi connectivity index (χ2v) is 6.58. The van der Waals surface area contributed by atoms with Crippen LogP contribution in [0, 0.1) is 5.92 Å². The van der Waals surface area contributed by atoms with Crippen LogP contribution < -0.4 is 10.6 Å². The molecule has 0 spiro atoms. The third-order valence-electron chi connectivity index (χ3n) is 3.76. The van der Waals surface area contributed by atoms with Gasteiger partial charge in [-0.05, 0) is 12.8 Å². The van der Waals surface area contributed by atoms with Crippen LogP contribution in [0.5, 0.6) is 0 Å². The SMILES string of the molecule is CN=C(NC(=O)C(C)C)Nc1c(C=O)ncn1C1CCC(CO)O1.O=[P+](O)O. The van der Waals surface area contributed by atoms with Crippen LogP contribution in [-0.2, 0) is 14.1 Å². The summed E-state index contributed by atoms with van der Waals surface area (Å²) in [7, 11) is -1.34. The maximum atomic E-state index is 11.8. The average molecular weight is 418 g/mol. The summed E-state index contributed by atoms with van der Waals surface area (Å²) in [4.78, 5) is 45.4. The third kappa shape index (κ3) is 7.06. The summed E-state index contributed by atoms with van der Waals surface area (Å²) in [6.07, 6.45) is 2.94. The second kappa shape index (κ2) is 11.6. The summed E-state index contributed by atoms with van der Waals surface area (Å²) in [5.74, 6) is 0.204. The van der Waals surface area contributed by atoms with Crippen LogP contribution in [-0.4, -0.2) is 62.4 Å². The monoisotopic (exact) mass is 418 g/mol. The number of rotatable bonds is 5. The fourth-order valence-corrected chi connectivity index (χ4v) is 2.35. The molecule has 1 aliphatic heterocycles. The Balaban J connectivity index is 0.000000892. The van der Waals surface area contributed by atoms with Gasteiger partial charge in [0, 0.05) is 17.5 Å². The lowest BCUT2D eigenvalue weighted by Gasteiger charge is -2.19. The molecule has 0 saturated carbocycles. The van der Waals surface area contributed by atoms with E-state index >= 15 is 0 Å². The smallest absolute Gasteiger partial charge is 0.394 e. The van der Waals surface area contributed by atoms with Crippen LogP contribution in [0.25, 0.3) is 0 Å². The highest BCUT2D eigenvalue weighted by atomic mass is 31.1. The Morgan fingerprint density at radius 1 is 1.50 bits per heavy atom. The maximum absolute atomic E-state index is 11.8. The Hall–Kier alpha value is -2.24. The molecule has 12 nitrogen and oxygen atoms in total. The molecule has 13 heteroatoms. The van der Waals surface area contributed by atoms with Gasteiger partial charge in [0.05, 0.1) is 19.0 Å². The van der Waals surface area contributed by atoms with E-state index in [1.165, 1.54) is 13.4 Å². The highest BCUT2D eigenvalue weighted by Crippen LogP contribution is 2.31. The van der Waals surface area contributed by atoms with Gasteiger partial charge in [-0.3, -0.25) is 24.5 Å². The number of nitrogens with one attached hydrogen (secondary N) is 2. The lowest BCUT2D eigenvalue weighted by Crippen LogP contribution is -2.39. The lowest BCUT2D eigenvalue weighted by atomic mass is 10.2. The number of aromatic nitrogens is 2. The summed E-state index contributed by atoms with van der Waals surface area (Å²) in [5.41, 5.74) is 0.186. The number of carbonyl (C=O) groups excluding carboxylic acids is 2. The Labute approximate surface area is 162 Å². The van der Waals surface area contributed by atoms with Crippen molar-refractivity contribution in [2.24, 2.45) is 10.9 Å². The predicted octanol–water partition coefficient (Wildman–Crippen LogP) is 0.164. The van der Waals surface area contributed by atoms with Crippen LogP contribution >= 0.6 is 8.25 Å². The van der Waals surface area contributed by atoms with E-state index < -0.39 is 8.25 Å². The molecule has 1 aromatic heterocycles. The van der Waals surface area contributed by atoms with E-state index in [0.29, 0.717) is 24.9 Å². The van der Waals surface area contributed by atoms with Crippen molar-refractivity contribution in [3.63, 3.8) is 0 Å². The summed E-state index contributed by atoms with van der Waals surface area (Å²) in [6.45, 7) is 3.48. The maximum Gasteiger partial charge on any atom is 0.692 e. The molecule has 0 aliphatic carbocycles. The molecule has 1 fully saturated rings. The average Bonchev–Trinajstić information content (AvgIpc) is 3.26. The predicted molar refractivity (Wildman–Crippen MR) is 99.9 cm³/mol. The summed E-state index contributed by atoms with van der Waals surface area (Å²) >= 11 is 0. The van der Waals surface area contributed by atoms with Crippen molar-refractivity contribution in [3.8, 4) is 0 Å². The summed E-state index contributed by atoms with van der Waals surface area (Å²) in [6, 6.07) is 0. The molecule has 1 amide bonds. The topological polar surface area (TPSA) is 175 Å². The lowest BCUT2D eigenvalue weighted by molar-refractivity contribution is -0.122.